The number of esters is 1. The van der Waals surface area contributed by atoms with E-state index < -0.39 is 11.7 Å². The molecule has 1 atom stereocenters. The molecular formula is C9H18O3. The van der Waals surface area contributed by atoms with Crippen LogP contribution in [0.25, 0.3) is 0 Å². The second kappa shape index (κ2) is 4.45. The maximum atomic E-state index is 11.0. The number of ether oxygens (including phenoxy) is 1. The molecule has 3 heteroatoms. The number of hydrogen-bond acceptors (Lipinski definition) is 3. The lowest BCUT2D eigenvalue weighted by molar-refractivity contribution is -0.155. The van der Waals surface area contributed by atoms with Crippen molar-refractivity contribution in [2.75, 3.05) is 0 Å². The molecule has 0 bridgehead atoms. The lowest BCUT2D eigenvalue weighted by atomic mass is 10.2. The summed E-state index contributed by atoms with van der Waals surface area (Å²) in [5.41, 5.74) is -0.421. The Kier molecular flexibility index (Phi) is 4.24. The second-order valence-electron chi connectivity index (χ2n) is 3.97. The summed E-state index contributed by atoms with van der Waals surface area (Å²) in [6, 6.07) is 0. The van der Waals surface area contributed by atoms with Crippen LogP contribution in [0, 0.1) is 0 Å². The van der Waals surface area contributed by atoms with Crippen molar-refractivity contribution in [2.24, 2.45) is 0 Å². The molecule has 1 N–H and O–H groups in total. The summed E-state index contributed by atoms with van der Waals surface area (Å²) >= 11 is 0. The molecule has 72 valence electrons. The molecule has 0 aromatic carbocycles. The Balaban J connectivity index is 3.61. The van der Waals surface area contributed by atoms with Gasteiger partial charge in [0, 0.05) is 6.42 Å². The summed E-state index contributed by atoms with van der Waals surface area (Å²) in [7, 11) is 0. The van der Waals surface area contributed by atoms with Crippen LogP contribution in [0.15, 0.2) is 0 Å². The topological polar surface area (TPSA) is 46.5 Å². The molecule has 0 heterocycles. The van der Waals surface area contributed by atoms with Crippen LogP contribution in [0.5, 0.6) is 0 Å². The van der Waals surface area contributed by atoms with Crippen LogP contribution in [0.2, 0.25) is 0 Å². The molecule has 0 spiro atoms. The fourth-order valence-electron chi connectivity index (χ4n) is 0.719. The predicted octanol–water partition coefficient (Wildman–Crippen LogP) is 1.49. The maximum Gasteiger partial charge on any atom is 0.306 e. The summed E-state index contributed by atoms with van der Waals surface area (Å²) < 4.78 is 5.04. The lowest BCUT2D eigenvalue weighted by Gasteiger charge is -2.19. The highest BCUT2D eigenvalue weighted by Gasteiger charge is 2.16. The van der Waals surface area contributed by atoms with Gasteiger partial charge in [-0.15, -0.1) is 0 Å². The van der Waals surface area contributed by atoms with Crippen molar-refractivity contribution in [3.63, 3.8) is 0 Å². The van der Waals surface area contributed by atoms with E-state index in [9.17, 15) is 4.79 Å². The zero-order chi connectivity index (χ0) is 9.78. The van der Waals surface area contributed by atoms with E-state index in [1.165, 1.54) is 0 Å². The highest BCUT2D eigenvalue weighted by atomic mass is 16.6. The molecule has 0 saturated carbocycles. The van der Waals surface area contributed by atoms with E-state index in [0.717, 1.165) is 0 Å². The van der Waals surface area contributed by atoms with Crippen LogP contribution >= 0.6 is 0 Å². The third-order valence-corrected chi connectivity index (χ3v) is 1.19. The first kappa shape index (κ1) is 11.4. The quantitative estimate of drug-likeness (QED) is 0.659. The van der Waals surface area contributed by atoms with Gasteiger partial charge in [0.15, 0.2) is 0 Å². The minimum atomic E-state index is -0.433. The summed E-state index contributed by atoms with van der Waals surface area (Å²) in [6.45, 7) is 7.14. The summed E-state index contributed by atoms with van der Waals surface area (Å²) in [6.07, 6.45) is 0.321. The van der Waals surface area contributed by atoms with E-state index in [-0.39, 0.29) is 12.4 Å². The molecule has 0 aliphatic heterocycles. The normalized spacial score (nSPS) is 14.1. The van der Waals surface area contributed by atoms with Crippen molar-refractivity contribution in [1.82, 2.24) is 0 Å². The fraction of sp³-hybridized carbons (Fsp3) is 0.889. The molecule has 0 fully saturated rings. The summed E-state index contributed by atoms with van der Waals surface area (Å²) in [5, 5.41) is 8.89. The maximum absolute atomic E-state index is 11.0. The Labute approximate surface area is 73.7 Å². The van der Waals surface area contributed by atoms with Gasteiger partial charge in [-0.25, -0.2) is 0 Å². The first-order valence-corrected chi connectivity index (χ1v) is 4.21. The van der Waals surface area contributed by atoms with Crippen LogP contribution in [0.3, 0.4) is 0 Å². The monoisotopic (exact) mass is 174 g/mol. The summed E-state index contributed by atoms with van der Waals surface area (Å²) in [5.74, 6) is -0.247. The van der Waals surface area contributed by atoms with Crippen molar-refractivity contribution in [2.45, 2.75) is 52.2 Å². The van der Waals surface area contributed by atoms with E-state index >= 15 is 0 Å². The zero-order valence-electron chi connectivity index (χ0n) is 8.26. The minimum absolute atomic E-state index is 0.247. The Morgan fingerprint density at radius 1 is 1.50 bits per heavy atom. The second-order valence-corrected chi connectivity index (χ2v) is 3.97. The van der Waals surface area contributed by atoms with Gasteiger partial charge in [-0.2, -0.15) is 0 Å². The molecule has 0 radical (unpaired) electrons. The Morgan fingerprint density at radius 2 is 2.00 bits per heavy atom. The van der Waals surface area contributed by atoms with Gasteiger partial charge in [-0.3, -0.25) is 4.79 Å². The molecule has 0 amide bonds. The standard InChI is InChI=1S/C9H18O3/c1-7(10)5-6-8(11)12-9(2,3)4/h7,10H,5-6H2,1-4H3. The molecule has 3 nitrogen and oxygen atoms in total. The first-order valence-electron chi connectivity index (χ1n) is 4.21. The van der Waals surface area contributed by atoms with Crippen LogP contribution in [-0.4, -0.2) is 22.8 Å². The molecule has 1 unspecified atom stereocenters. The third-order valence-electron chi connectivity index (χ3n) is 1.19. The molecule has 0 aromatic rings. The first-order chi connectivity index (χ1) is 5.31. The summed E-state index contributed by atoms with van der Waals surface area (Å²) in [4.78, 5) is 11.0. The van der Waals surface area contributed by atoms with Crippen molar-refractivity contribution >= 4 is 5.97 Å². The third kappa shape index (κ3) is 7.54. The van der Waals surface area contributed by atoms with Crippen molar-refractivity contribution in [3.05, 3.63) is 0 Å². The zero-order valence-corrected chi connectivity index (χ0v) is 8.26. The smallest absolute Gasteiger partial charge is 0.306 e. The van der Waals surface area contributed by atoms with Gasteiger partial charge in [0.2, 0.25) is 0 Å². The molecule has 0 saturated heterocycles. The van der Waals surface area contributed by atoms with Crippen LogP contribution < -0.4 is 0 Å². The molecule has 0 aliphatic carbocycles. The van der Waals surface area contributed by atoms with Gasteiger partial charge in [-0.05, 0) is 34.1 Å². The number of carbonyl (C=O) groups is 1. The highest BCUT2D eigenvalue weighted by Crippen LogP contribution is 2.09. The fourth-order valence-corrected chi connectivity index (χ4v) is 0.719. The number of carbonyl (C=O) groups excluding carboxylic acids is 1. The van der Waals surface area contributed by atoms with Gasteiger partial charge in [-0.1, -0.05) is 0 Å². The van der Waals surface area contributed by atoms with Crippen molar-refractivity contribution in [3.8, 4) is 0 Å². The number of rotatable bonds is 3. The molecule has 0 rings (SSSR count). The van der Waals surface area contributed by atoms with Crippen LogP contribution in [-0.2, 0) is 9.53 Å². The SMILES string of the molecule is CC(O)CCC(=O)OC(C)(C)C. The van der Waals surface area contributed by atoms with Crippen LogP contribution in [0.1, 0.15) is 40.5 Å². The number of aliphatic hydroxyl groups is 1. The Bertz CT molecular complexity index is 144. The number of hydrogen-bond donors (Lipinski definition) is 1. The largest absolute Gasteiger partial charge is 0.460 e. The van der Waals surface area contributed by atoms with Gasteiger partial charge < -0.3 is 9.84 Å². The van der Waals surface area contributed by atoms with Gasteiger partial charge in [0.1, 0.15) is 5.60 Å². The highest BCUT2D eigenvalue weighted by molar-refractivity contribution is 5.69. The van der Waals surface area contributed by atoms with E-state index in [1.54, 1.807) is 6.92 Å². The molecule has 0 aliphatic rings. The van der Waals surface area contributed by atoms with E-state index in [1.807, 2.05) is 20.8 Å². The predicted molar refractivity (Wildman–Crippen MR) is 46.8 cm³/mol. The van der Waals surface area contributed by atoms with Gasteiger partial charge >= 0.3 is 5.97 Å². The van der Waals surface area contributed by atoms with Gasteiger partial charge in [0.25, 0.3) is 0 Å². The number of aliphatic hydroxyl groups excluding tert-OH is 1. The van der Waals surface area contributed by atoms with E-state index in [4.69, 9.17) is 9.84 Å². The lowest BCUT2D eigenvalue weighted by Crippen LogP contribution is -2.24. The van der Waals surface area contributed by atoms with Crippen LogP contribution in [0.4, 0.5) is 0 Å². The molecular weight excluding hydrogens is 156 g/mol. The van der Waals surface area contributed by atoms with E-state index in [2.05, 4.69) is 0 Å². The Morgan fingerprint density at radius 3 is 2.33 bits per heavy atom. The molecule has 0 aromatic heterocycles. The van der Waals surface area contributed by atoms with Crippen molar-refractivity contribution in [1.29, 1.82) is 0 Å². The van der Waals surface area contributed by atoms with Crippen molar-refractivity contribution < 1.29 is 14.6 Å². The Hall–Kier alpha value is -0.570. The van der Waals surface area contributed by atoms with Gasteiger partial charge in [0.05, 0.1) is 6.10 Å². The minimum Gasteiger partial charge on any atom is -0.460 e. The molecule has 12 heavy (non-hydrogen) atoms. The average Bonchev–Trinajstić information content (AvgIpc) is 1.79. The average molecular weight is 174 g/mol. The van der Waals surface area contributed by atoms with E-state index in [0.29, 0.717) is 6.42 Å².